The largest absolute Gasteiger partial charge is 0.476 e. The smallest absolute Gasteiger partial charge is 0.358 e. The van der Waals surface area contributed by atoms with Crippen molar-refractivity contribution in [3.05, 3.63) is 18.1 Å². The van der Waals surface area contributed by atoms with E-state index in [-0.39, 0.29) is 5.69 Å². The van der Waals surface area contributed by atoms with Gasteiger partial charge in [0.25, 0.3) is 0 Å². The van der Waals surface area contributed by atoms with E-state index in [1.54, 1.807) is 24.0 Å². The molecule has 0 aliphatic heterocycles. The second-order valence-corrected chi connectivity index (χ2v) is 3.27. The Morgan fingerprint density at radius 1 is 1.56 bits per heavy atom. The highest BCUT2D eigenvalue weighted by molar-refractivity contribution is 5.91. The molecule has 0 bridgehead atoms. The topological polar surface area (TPSA) is 85.8 Å². The first-order valence-corrected chi connectivity index (χ1v) is 4.79. The Bertz CT molecular complexity index is 528. The van der Waals surface area contributed by atoms with Crippen LogP contribution in [-0.2, 0) is 13.6 Å². The zero-order chi connectivity index (χ0) is 11.7. The number of rotatable bonds is 3. The molecular weight excluding hydrogens is 210 g/mol. The molecule has 0 aliphatic carbocycles. The number of imidazole rings is 1. The van der Waals surface area contributed by atoms with Crippen LogP contribution in [0.25, 0.3) is 11.5 Å². The molecule has 0 atom stereocenters. The van der Waals surface area contributed by atoms with Crippen LogP contribution >= 0.6 is 0 Å². The van der Waals surface area contributed by atoms with Gasteiger partial charge < -0.3 is 9.67 Å². The fraction of sp³-hybridized carbons (Fsp3) is 0.333. The number of aryl methyl sites for hydroxylation is 2. The van der Waals surface area contributed by atoms with E-state index in [9.17, 15) is 4.79 Å². The van der Waals surface area contributed by atoms with E-state index in [4.69, 9.17) is 5.11 Å². The quantitative estimate of drug-likeness (QED) is 0.810. The van der Waals surface area contributed by atoms with Crippen LogP contribution in [0.4, 0.5) is 0 Å². The summed E-state index contributed by atoms with van der Waals surface area (Å²) in [6.45, 7) is 2.41. The van der Waals surface area contributed by atoms with Gasteiger partial charge in [-0.05, 0) is 6.92 Å². The summed E-state index contributed by atoms with van der Waals surface area (Å²) in [6, 6.07) is 0. The van der Waals surface area contributed by atoms with Crippen LogP contribution in [0.1, 0.15) is 17.4 Å². The van der Waals surface area contributed by atoms with E-state index in [1.165, 1.54) is 4.68 Å². The second-order valence-electron chi connectivity index (χ2n) is 3.27. The molecule has 2 heterocycles. The van der Waals surface area contributed by atoms with Gasteiger partial charge in [0.2, 0.25) is 5.69 Å². The molecule has 0 saturated heterocycles. The third kappa shape index (κ3) is 1.46. The third-order valence-corrected chi connectivity index (χ3v) is 2.27. The van der Waals surface area contributed by atoms with Crippen molar-refractivity contribution in [2.45, 2.75) is 13.5 Å². The summed E-state index contributed by atoms with van der Waals surface area (Å²) in [7, 11) is 1.79. The number of aromatic nitrogens is 5. The second kappa shape index (κ2) is 3.76. The minimum atomic E-state index is -1.10. The standard InChI is InChI=1S/C9H11N5O2/c1-3-14-7(6(9(15)16)11-12-14)8-10-4-5-13(8)2/h4-5H,3H2,1-2H3,(H,15,16). The molecule has 0 amide bonds. The molecule has 1 N–H and O–H groups in total. The maximum absolute atomic E-state index is 11.0. The number of carboxylic acid groups (broad SMARTS) is 1. The molecular formula is C9H11N5O2. The van der Waals surface area contributed by atoms with Crippen molar-refractivity contribution >= 4 is 5.97 Å². The molecule has 84 valence electrons. The minimum absolute atomic E-state index is 0.0730. The molecule has 0 radical (unpaired) electrons. The maximum atomic E-state index is 11.0. The lowest BCUT2D eigenvalue weighted by molar-refractivity contribution is 0.0691. The number of hydrogen-bond donors (Lipinski definition) is 1. The summed E-state index contributed by atoms with van der Waals surface area (Å²) in [4.78, 5) is 15.1. The SMILES string of the molecule is CCn1nnc(C(=O)O)c1-c1nccn1C. The van der Waals surface area contributed by atoms with Gasteiger partial charge in [0.05, 0.1) is 0 Å². The first kappa shape index (κ1) is 10.3. The summed E-state index contributed by atoms with van der Waals surface area (Å²) < 4.78 is 3.25. The average Bonchev–Trinajstić information content (AvgIpc) is 2.82. The lowest BCUT2D eigenvalue weighted by Gasteiger charge is -2.04. The molecule has 2 rings (SSSR count). The van der Waals surface area contributed by atoms with Crippen LogP contribution in [0, 0.1) is 0 Å². The van der Waals surface area contributed by atoms with Crippen LogP contribution in [-0.4, -0.2) is 35.6 Å². The monoisotopic (exact) mass is 221 g/mol. The Labute approximate surface area is 91.3 Å². The maximum Gasteiger partial charge on any atom is 0.358 e. The highest BCUT2D eigenvalue weighted by atomic mass is 16.4. The summed E-state index contributed by atoms with van der Waals surface area (Å²) in [5.74, 6) is -0.554. The molecule has 0 unspecified atom stereocenters. The summed E-state index contributed by atoms with van der Waals surface area (Å²) >= 11 is 0. The van der Waals surface area contributed by atoms with Crippen molar-refractivity contribution in [2.75, 3.05) is 0 Å². The Balaban J connectivity index is 2.66. The average molecular weight is 221 g/mol. The van der Waals surface area contributed by atoms with Crippen LogP contribution in [0.15, 0.2) is 12.4 Å². The molecule has 16 heavy (non-hydrogen) atoms. The summed E-state index contributed by atoms with van der Waals surface area (Å²) in [5, 5.41) is 16.4. The minimum Gasteiger partial charge on any atom is -0.476 e. The van der Waals surface area contributed by atoms with E-state index in [2.05, 4.69) is 15.3 Å². The number of nitrogens with zero attached hydrogens (tertiary/aromatic N) is 5. The van der Waals surface area contributed by atoms with Gasteiger partial charge >= 0.3 is 5.97 Å². The highest BCUT2D eigenvalue weighted by Gasteiger charge is 2.22. The number of aromatic carboxylic acids is 1. The molecule has 0 fully saturated rings. The van der Waals surface area contributed by atoms with E-state index in [0.29, 0.717) is 18.1 Å². The van der Waals surface area contributed by atoms with Crippen LogP contribution in [0.3, 0.4) is 0 Å². The first-order valence-electron chi connectivity index (χ1n) is 4.79. The Kier molecular flexibility index (Phi) is 2.43. The highest BCUT2D eigenvalue weighted by Crippen LogP contribution is 2.19. The summed E-state index contributed by atoms with van der Waals surface area (Å²) in [6.07, 6.45) is 3.35. The molecule has 0 aromatic carbocycles. The predicted octanol–water partition coefficient (Wildman–Crippen LogP) is 0.397. The lowest BCUT2D eigenvalue weighted by atomic mass is 10.3. The molecule has 2 aromatic rings. The van der Waals surface area contributed by atoms with Gasteiger partial charge in [-0.1, -0.05) is 5.21 Å². The number of hydrogen-bond acceptors (Lipinski definition) is 4. The van der Waals surface area contributed by atoms with Gasteiger partial charge in [-0.2, -0.15) is 0 Å². The van der Waals surface area contributed by atoms with Crippen LogP contribution in [0.5, 0.6) is 0 Å². The fourth-order valence-electron chi connectivity index (χ4n) is 1.49. The first-order chi connectivity index (χ1) is 7.65. The normalized spacial score (nSPS) is 10.6. The number of carboxylic acids is 1. The van der Waals surface area contributed by atoms with Crippen molar-refractivity contribution in [3.8, 4) is 11.5 Å². The van der Waals surface area contributed by atoms with Crippen LogP contribution in [0.2, 0.25) is 0 Å². The van der Waals surface area contributed by atoms with E-state index in [1.807, 2.05) is 6.92 Å². The number of carbonyl (C=O) groups is 1. The zero-order valence-corrected chi connectivity index (χ0v) is 8.95. The zero-order valence-electron chi connectivity index (χ0n) is 8.95. The van der Waals surface area contributed by atoms with E-state index in [0.717, 1.165) is 0 Å². The Morgan fingerprint density at radius 2 is 2.31 bits per heavy atom. The van der Waals surface area contributed by atoms with Crippen molar-refractivity contribution < 1.29 is 9.90 Å². The molecule has 0 spiro atoms. The van der Waals surface area contributed by atoms with Crippen molar-refractivity contribution in [3.63, 3.8) is 0 Å². The molecule has 7 heteroatoms. The fourth-order valence-corrected chi connectivity index (χ4v) is 1.49. The van der Waals surface area contributed by atoms with Gasteiger partial charge in [0.15, 0.2) is 5.82 Å². The lowest BCUT2D eigenvalue weighted by Crippen LogP contribution is -2.06. The predicted molar refractivity (Wildman–Crippen MR) is 54.9 cm³/mol. The summed E-state index contributed by atoms with van der Waals surface area (Å²) in [5.41, 5.74) is 0.360. The van der Waals surface area contributed by atoms with E-state index < -0.39 is 5.97 Å². The van der Waals surface area contributed by atoms with Crippen molar-refractivity contribution in [1.29, 1.82) is 0 Å². The van der Waals surface area contributed by atoms with Crippen LogP contribution < -0.4 is 0 Å². The van der Waals surface area contributed by atoms with Gasteiger partial charge in [0, 0.05) is 26.0 Å². The molecule has 7 nitrogen and oxygen atoms in total. The molecule has 0 aliphatic rings. The van der Waals surface area contributed by atoms with Crippen molar-refractivity contribution in [2.24, 2.45) is 7.05 Å². The Morgan fingerprint density at radius 3 is 2.81 bits per heavy atom. The van der Waals surface area contributed by atoms with Crippen molar-refractivity contribution in [1.82, 2.24) is 24.5 Å². The third-order valence-electron chi connectivity index (χ3n) is 2.27. The van der Waals surface area contributed by atoms with Gasteiger partial charge in [0.1, 0.15) is 5.69 Å². The van der Waals surface area contributed by atoms with Gasteiger partial charge in [-0.15, -0.1) is 5.10 Å². The van der Waals surface area contributed by atoms with E-state index >= 15 is 0 Å². The Hall–Kier alpha value is -2.18. The van der Waals surface area contributed by atoms with Gasteiger partial charge in [-0.3, -0.25) is 0 Å². The van der Waals surface area contributed by atoms with Gasteiger partial charge in [-0.25, -0.2) is 14.5 Å². The molecule has 0 saturated carbocycles. The molecule has 2 aromatic heterocycles.